The van der Waals surface area contributed by atoms with Gasteiger partial charge in [0.2, 0.25) is 12.3 Å². The summed E-state index contributed by atoms with van der Waals surface area (Å²) in [5, 5.41) is 11.1. The topological polar surface area (TPSA) is 95.9 Å². The van der Waals surface area contributed by atoms with E-state index in [0.717, 1.165) is 27.2 Å². The highest BCUT2D eigenvalue weighted by Crippen LogP contribution is 2.44. The summed E-state index contributed by atoms with van der Waals surface area (Å²) >= 11 is 0. The number of benzene rings is 2. The third-order valence-corrected chi connectivity index (χ3v) is 5.64. The van der Waals surface area contributed by atoms with Crippen molar-refractivity contribution < 1.29 is 33.0 Å². The van der Waals surface area contributed by atoms with Gasteiger partial charge in [0.1, 0.15) is 12.6 Å². The third-order valence-electron chi connectivity index (χ3n) is 5.64. The molecule has 1 aliphatic carbocycles. The quantitative estimate of drug-likeness (QED) is 0.561. The first kappa shape index (κ1) is 24.2. The maximum atomic E-state index is 13.1. The zero-order valence-electron chi connectivity index (χ0n) is 18.2. The van der Waals surface area contributed by atoms with E-state index in [-0.39, 0.29) is 32.0 Å². The van der Waals surface area contributed by atoms with E-state index in [0.29, 0.717) is 0 Å². The number of carboxylic acid groups (broad SMARTS) is 1. The molecule has 9 heteroatoms. The summed E-state index contributed by atoms with van der Waals surface area (Å²) in [6.45, 7) is 1.56. The monoisotopic (exact) mass is 460 g/mol. The van der Waals surface area contributed by atoms with Crippen molar-refractivity contribution in [3.8, 4) is 11.1 Å². The van der Waals surface area contributed by atoms with Crippen LogP contribution in [0.4, 0.5) is 13.6 Å². The number of halogens is 2. The molecule has 2 amide bonds. The van der Waals surface area contributed by atoms with Gasteiger partial charge in [-0.3, -0.25) is 9.59 Å². The van der Waals surface area contributed by atoms with Gasteiger partial charge in [-0.05, 0) is 29.2 Å². The zero-order chi connectivity index (χ0) is 24.0. The smallest absolute Gasteiger partial charge is 0.407 e. The summed E-state index contributed by atoms with van der Waals surface area (Å²) in [5.74, 6) is -2.10. The number of fused-ring (bicyclic) bond motifs is 3. The predicted octanol–water partition coefficient (Wildman–Crippen LogP) is 3.87. The van der Waals surface area contributed by atoms with Gasteiger partial charge >= 0.3 is 12.1 Å². The highest BCUT2D eigenvalue weighted by Gasteiger charge is 2.31. The fourth-order valence-corrected chi connectivity index (χ4v) is 4.06. The van der Waals surface area contributed by atoms with Crippen LogP contribution in [0, 0.1) is 0 Å². The summed E-state index contributed by atoms with van der Waals surface area (Å²) in [4.78, 5) is 37.1. The van der Waals surface area contributed by atoms with Crippen LogP contribution in [0.25, 0.3) is 11.1 Å². The molecule has 0 saturated heterocycles. The first-order valence-electron chi connectivity index (χ1n) is 10.7. The average molecular weight is 460 g/mol. The van der Waals surface area contributed by atoms with Crippen LogP contribution in [0.2, 0.25) is 0 Å². The molecule has 0 spiro atoms. The van der Waals surface area contributed by atoms with E-state index in [1.54, 1.807) is 6.92 Å². The van der Waals surface area contributed by atoms with Gasteiger partial charge in [-0.2, -0.15) is 0 Å². The second kappa shape index (κ2) is 10.9. The molecule has 1 aliphatic rings. The number of carbonyl (C=O) groups excluding carboxylic acids is 2. The summed E-state index contributed by atoms with van der Waals surface area (Å²) < 4.78 is 31.5. The molecule has 0 aromatic heterocycles. The van der Waals surface area contributed by atoms with Gasteiger partial charge in [0.05, 0.1) is 6.42 Å². The molecule has 0 saturated carbocycles. The number of carboxylic acids is 1. The molecule has 0 aliphatic heterocycles. The van der Waals surface area contributed by atoms with Gasteiger partial charge in [-0.25, -0.2) is 13.6 Å². The van der Waals surface area contributed by atoms with Gasteiger partial charge < -0.3 is 20.1 Å². The molecule has 1 unspecified atom stereocenters. The van der Waals surface area contributed by atoms with E-state index in [1.165, 1.54) is 0 Å². The molecule has 33 heavy (non-hydrogen) atoms. The summed E-state index contributed by atoms with van der Waals surface area (Å²) in [6.07, 6.45) is -5.05. The van der Waals surface area contributed by atoms with E-state index >= 15 is 0 Å². The Bertz CT molecular complexity index is 968. The molecule has 7 nitrogen and oxygen atoms in total. The standard InChI is InChI=1S/C24H26F2N2O5/c1-2-28(12-11-22(29)30)23(31)20(13-21(25)26)27-24(32)33-14-19-17-9-5-3-7-15(17)16-8-4-6-10-18(16)19/h3-10,19-21H,2,11-14H2,1H3,(H,27,32)(H,29,30). The van der Waals surface area contributed by atoms with Gasteiger partial charge in [0, 0.05) is 25.4 Å². The molecule has 1 atom stereocenters. The first-order chi connectivity index (χ1) is 15.8. The highest BCUT2D eigenvalue weighted by atomic mass is 19.3. The lowest BCUT2D eigenvalue weighted by molar-refractivity contribution is -0.139. The minimum Gasteiger partial charge on any atom is -0.481 e. The highest BCUT2D eigenvalue weighted by molar-refractivity contribution is 5.86. The number of amides is 2. The Hall–Kier alpha value is -3.49. The Labute approximate surface area is 190 Å². The number of carbonyl (C=O) groups is 3. The van der Waals surface area contributed by atoms with Crippen molar-refractivity contribution in [3.05, 3.63) is 59.7 Å². The minimum atomic E-state index is -2.84. The fourth-order valence-electron chi connectivity index (χ4n) is 4.06. The molecule has 2 aromatic carbocycles. The number of rotatable bonds is 10. The van der Waals surface area contributed by atoms with Gasteiger partial charge in [0.25, 0.3) is 0 Å². The predicted molar refractivity (Wildman–Crippen MR) is 117 cm³/mol. The number of hydrogen-bond acceptors (Lipinski definition) is 4. The van der Waals surface area contributed by atoms with Gasteiger partial charge in [-0.1, -0.05) is 48.5 Å². The molecule has 3 rings (SSSR count). The van der Waals surface area contributed by atoms with Crippen molar-refractivity contribution in [2.75, 3.05) is 19.7 Å². The number of alkyl halides is 2. The molecular weight excluding hydrogens is 434 g/mol. The Balaban J connectivity index is 1.67. The molecule has 0 fully saturated rings. The number of hydrogen-bond donors (Lipinski definition) is 2. The second-order valence-corrected chi connectivity index (χ2v) is 7.71. The SMILES string of the molecule is CCN(CCC(=O)O)C(=O)C(CC(F)F)NC(=O)OCC1c2ccccc2-c2ccccc21. The summed E-state index contributed by atoms with van der Waals surface area (Å²) in [5.41, 5.74) is 4.09. The number of aliphatic carboxylic acids is 1. The fraction of sp³-hybridized carbons (Fsp3) is 0.375. The minimum absolute atomic E-state index is 0.0219. The average Bonchev–Trinajstić information content (AvgIpc) is 3.11. The lowest BCUT2D eigenvalue weighted by Gasteiger charge is -2.26. The van der Waals surface area contributed by atoms with Crippen molar-refractivity contribution in [1.82, 2.24) is 10.2 Å². The molecule has 2 aromatic rings. The van der Waals surface area contributed by atoms with Crippen molar-refractivity contribution in [2.45, 2.75) is 38.2 Å². The maximum Gasteiger partial charge on any atom is 0.407 e. The molecular formula is C24H26F2N2O5. The van der Waals surface area contributed by atoms with Crippen molar-refractivity contribution in [1.29, 1.82) is 0 Å². The summed E-state index contributed by atoms with van der Waals surface area (Å²) in [6, 6.07) is 14.0. The molecule has 0 bridgehead atoms. The van der Waals surface area contributed by atoms with Crippen LogP contribution < -0.4 is 5.32 Å². The number of nitrogens with zero attached hydrogens (tertiary/aromatic N) is 1. The van der Waals surface area contributed by atoms with E-state index < -0.39 is 36.9 Å². The van der Waals surface area contributed by atoms with E-state index in [2.05, 4.69) is 5.32 Å². The van der Waals surface area contributed by atoms with Crippen LogP contribution in [0.15, 0.2) is 48.5 Å². The van der Waals surface area contributed by atoms with Crippen LogP contribution in [-0.4, -0.2) is 60.1 Å². The van der Waals surface area contributed by atoms with E-state index in [4.69, 9.17) is 9.84 Å². The van der Waals surface area contributed by atoms with E-state index in [9.17, 15) is 23.2 Å². The molecule has 2 N–H and O–H groups in total. The number of ether oxygens (including phenoxy) is 1. The van der Waals surface area contributed by atoms with Gasteiger partial charge in [0.15, 0.2) is 0 Å². The van der Waals surface area contributed by atoms with E-state index in [1.807, 2.05) is 48.5 Å². The first-order valence-corrected chi connectivity index (χ1v) is 10.7. The molecule has 0 heterocycles. The van der Waals surface area contributed by atoms with Crippen LogP contribution in [0.3, 0.4) is 0 Å². The van der Waals surface area contributed by atoms with Crippen LogP contribution >= 0.6 is 0 Å². The lowest BCUT2D eigenvalue weighted by Crippen LogP contribution is -2.50. The molecule has 176 valence electrons. The Morgan fingerprint density at radius 1 is 1.06 bits per heavy atom. The van der Waals surface area contributed by atoms with Crippen LogP contribution in [-0.2, 0) is 14.3 Å². The van der Waals surface area contributed by atoms with Crippen molar-refractivity contribution in [3.63, 3.8) is 0 Å². The third kappa shape index (κ3) is 5.85. The molecule has 0 radical (unpaired) electrons. The normalized spacial score (nSPS) is 13.2. The largest absolute Gasteiger partial charge is 0.481 e. The van der Waals surface area contributed by atoms with Gasteiger partial charge in [-0.15, -0.1) is 0 Å². The summed E-state index contributed by atoms with van der Waals surface area (Å²) in [7, 11) is 0. The Morgan fingerprint density at radius 2 is 1.64 bits per heavy atom. The Morgan fingerprint density at radius 3 is 2.15 bits per heavy atom. The van der Waals surface area contributed by atoms with Crippen LogP contribution in [0.1, 0.15) is 36.8 Å². The van der Waals surface area contributed by atoms with Crippen molar-refractivity contribution >= 4 is 18.0 Å². The second-order valence-electron chi connectivity index (χ2n) is 7.71. The van der Waals surface area contributed by atoms with Crippen molar-refractivity contribution in [2.24, 2.45) is 0 Å². The van der Waals surface area contributed by atoms with Crippen LogP contribution in [0.5, 0.6) is 0 Å². The number of nitrogens with one attached hydrogen (secondary N) is 1. The number of alkyl carbamates (subject to hydrolysis) is 1. The zero-order valence-corrected chi connectivity index (χ0v) is 18.2. The lowest BCUT2D eigenvalue weighted by atomic mass is 9.98. The Kier molecular flexibility index (Phi) is 7.97. The maximum absolute atomic E-state index is 13.1. The number of likely N-dealkylation sites (N-methyl/N-ethyl adjacent to an activating group) is 1.